The number of halogens is 1. The molecule has 0 bridgehead atoms. The van der Waals surface area contributed by atoms with Crippen LogP contribution in [0, 0.1) is 34.1 Å². The summed E-state index contributed by atoms with van der Waals surface area (Å²) in [5.41, 5.74) is 9.76. The van der Waals surface area contributed by atoms with Gasteiger partial charge in [-0.15, -0.1) is 10.2 Å². The average Bonchev–Trinajstić information content (AvgIpc) is 1.68. The highest BCUT2D eigenvalue weighted by Crippen LogP contribution is 2.40. The molecule has 0 aliphatic carbocycles. The maximum Gasteiger partial charge on any atom is 0.271 e. The van der Waals surface area contributed by atoms with Gasteiger partial charge in [0.1, 0.15) is 46.1 Å². The lowest BCUT2D eigenvalue weighted by molar-refractivity contribution is -0.385. The van der Waals surface area contributed by atoms with Gasteiger partial charge in [-0.05, 0) is 194 Å². The number of rotatable bonds is 26. The summed E-state index contributed by atoms with van der Waals surface area (Å²) in [6.45, 7) is 20.6. The van der Waals surface area contributed by atoms with E-state index in [9.17, 15) is 45.4 Å². The Kier molecular flexibility index (Phi) is 38.4. The number of hydrazine groups is 1. The Balaban J connectivity index is 0.000000435. The van der Waals surface area contributed by atoms with Gasteiger partial charge in [-0.3, -0.25) is 35.0 Å². The van der Waals surface area contributed by atoms with Crippen molar-refractivity contribution in [3.05, 3.63) is 150 Å². The van der Waals surface area contributed by atoms with Gasteiger partial charge in [0.05, 0.1) is 74.7 Å². The summed E-state index contributed by atoms with van der Waals surface area (Å²) in [6.07, 6.45) is 2.63. The van der Waals surface area contributed by atoms with Gasteiger partial charge in [0.2, 0.25) is 0 Å². The number of carbonyl (C=O) groups is 1. The number of ether oxygens (including phenoxy) is 3. The number of aliphatic imine (C=N–C) groups is 1. The molecule has 27 nitrogen and oxygen atoms in total. The Hall–Kier alpha value is -9.19. The number of nitrogens with one attached hydrogen (secondary N) is 1. The average molecular weight is 1490 g/mol. The number of nitro benzene ring substituents is 2. The number of unbranched alkanes of at least 4 members (excludes halogenated alkanes) is 1. The maximum atomic E-state index is 11.2. The summed E-state index contributed by atoms with van der Waals surface area (Å²) in [5.74, 6) is 7.59. The van der Waals surface area contributed by atoms with Crippen LogP contribution in [0.1, 0.15) is 92.2 Å². The van der Waals surface area contributed by atoms with Crippen molar-refractivity contribution in [2.45, 2.75) is 73.1 Å². The quantitative estimate of drug-likeness (QED) is 0.00733. The highest BCUT2D eigenvalue weighted by atomic mass is 79.9. The van der Waals surface area contributed by atoms with Crippen LogP contribution in [0.2, 0.25) is 0 Å². The fourth-order valence-electron chi connectivity index (χ4n) is 9.39. The number of nitrogen functional groups attached to an aromatic ring is 1. The summed E-state index contributed by atoms with van der Waals surface area (Å²) in [6, 6.07) is 26.7. The van der Waals surface area contributed by atoms with Gasteiger partial charge in [-0.1, -0.05) is 47.1 Å². The van der Waals surface area contributed by atoms with Gasteiger partial charge in [0.15, 0.2) is 5.82 Å². The number of aromatic nitrogens is 3. The Labute approximate surface area is 609 Å². The van der Waals surface area contributed by atoms with Gasteiger partial charge in [0.25, 0.3) is 17.3 Å². The van der Waals surface area contributed by atoms with E-state index in [-0.39, 0.29) is 51.8 Å². The lowest BCUT2D eigenvalue weighted by atomic mass is 9.98. The van der Waals surface area contributed by atoms with Gasteiger partial charge >= 0.3 is 0 Å². The number of carbonyl (C=O) groups excluding carboxylic acids is 1. The molecule has 101 heavy (non-hydrogen) atoms. The fraction of sp³-hybridized carbons (Fsp3) is 0.444. The molecule has 7 N–H and O–H groups in total. The van der Waals surface area contributed by atoms with E-state index in [0.717, 1.165) is 90.9 Å². The molecule has 7 rings (SSSR count). The number of aryl methyl sites for hydroxylation is 2. The fourth-order valence-corrected chi connectivity index (χ4v) is 10.0. The first-order chi connectivity index (χ1) is 47.5. The van der Waals surface area contributed by atoms with Gasteiger partial charge in [-0.25, -0.2) is 5.84 Å². The maximum absolute atomic E-state index is 11.2. The zero-order valence-electron chi connectivity index (χ0n) is 62.5. The van der Waals surface area contributed by atoms with Crippen molar-refractivity contribution in [1.29, 1.82) is 0 Å². The summed E-state index contributed by atoms with van der Waals surface area (Å²) >= 11 is 7.77. The number of methoxy groups -OCH3 is 3. The minimum absolute atomic E-state index is 0.0222. The smallest absolute Gasteiger partial charge is 0.271 e. The summed E-state index contributed by atoms with van der Waals surface area (Å²) in [4.78, 5) is 50.4. The number of hydrogen-bond donors (Lipinski definition) is 6. The number of nitro groups is 2. The third-order valence-corrected chi connectivity index (χ3v) is 16.0. The van der Waals surface area contributed by atoms with Crippen molar-refractivity contribution in [2.24, 2.45) is 10.8 Å². The number of nitrogens with zero attached hydrogens (tertiary/aromatic N) is 13. The molecule has 0 saturated carbocycles. The predicted molar refractivity (Wildman–Crippen MR) is 413 cm³/mol. The molecular weight excluding hydrogens is 1380 g/mol. The van der Waals surface area contributed by atoms with E-state index in [1.807, 2.05) is 102 Å². The number of benzene rings is 6. The van der Waals surface area contributed by atoms with E-state index in [1.54, 1.807) is 32.4 Å². The predicted octanol–water partition coefficient (Wildman–Crippen LogP) is 12.7. The second-order valence-electron chi connectivity index (χ2n) is 25.1. The highest BCUT2D eigenvalue weighted by molar-refractivity contribution is 9.10. The van der Waals surface area contributed by atoms with Gasteiger partial charge in [-0.2, -0.15) is 4.99 Å². The van der Waals surface area contributed by atoms with Gasteiger partial charge < -0.3 is 68.9 Å². The van der Waals surface area contributed by atoms with Crippen LogP contribution in [-0.4, -0.2) is 220 Å². The number of nitrogens with two attached hydrogens (primary N) is 1. The molecule has 1 aromatic heterocycles. The SMILES string of the molecule is CC(C)c1cc(C(=O)NN)c(O)cc1O.CCCCN(C)C.COc1ccc(N=C=S)cc1N(C)CCN(C)C.COc1ccc([N+](=O)[O-])cc1Br.COc1ccc([N+](=O)[O-])cc1N(C)CCN(C)C.Cc1ccc(-n2c(C)nnc2-c2cc(C(C)C)c(O)cc2O)cc1N(C)CCN(C)C. The second kappa shape index (κ2) is 44.1. The molecule has 554 valence electrons. The van der Waals surface area contributed by atoms with E-state index < -0.39 is 15.8 Å². The van der Waals surface area contributed by atoms with Gasteiger partial charge in [0, 0.05) is 102 Å². The molecule has 6 aromatic carbocycles. The summed E-state index contributed by atoms with van der Waals surface area (Å²) in [7, 11) is 27.2. The third kappa shape index (κ3) is 28.8. The van der Waals surface area contributed by atoms with E-state index in [1.165, 1.54) is 68.5 Å². The Morgan fingerprint density at radius 2 is 1.06 bits per heavy atom. The van der Waals surface area contributed by atoms with E-state index in [4.69, 9.17) is 20.1 Å². The molecule has 29 heteroatoms. The van der Waals surface area contributed by atoms with E-state index in [2.05, 4.69) is 153 Å². The monoisotopic (exact) mass is 1480 g/mol. The normalized spacial score (nSPS) is 10.6. The number of aromatic hydroxyl groups is 4. The number of hydrogen-bond acceptors (Lipinski definition) is 24. The number of amides is 1. The van der Waals surface area contributed by atoms with Crippen molar-refractivity contribution in [1.82, 2.24) is 39.8 Å². The molecular formula is C72H106BrN15O12S. The van der Waals surface area contributed by atoms with Crippen LogP contribution >= 0.6 is 28.1 Å². The molecule has 0 saturated heterocycles. The molecule has 0 aliphatic rings. The van der Waals surface area contributed by atoms with Crippen LogP contribution in [0.3, 0.4) is 0 Å². The van der Waals surface area contributed by atoms with Crippen molar-refractivity contribution in [3.8, 4) is 57.3 Å². The third-order valence-electron chi connectivity index (χ3n) is 15.3. The lowest BCUT2D eigenvalue weighted by Gasteiger charge is -2.24. The van der Waals surface area contributed by atoms with Crippen LogP contribution in [0.4, 0.5) is 34.1 Å². The number of anilines is 3. The van der Waals surface area contributed by atoms with Crippen LogP contribution in [0.5, 0.6) is 40.2 Å². The molecule has 0 fully saturated rings. The van der Waals surface area contributed by atoms with Crippen LogP contribution in [-0.2, 0) is 0 Å². The van der Waals surface area contributed by atoms with Crippen LogP contribution in [0.15, 0.2) is 107 Å². The first kappa shape index (κ1) is 87.9. The van der Waals surface area contributed by atoms with E-state index in [0.29, 0.717) is 32.9 Å². The second-order valence-corrected chi connectivity index (χ2v) is 26.1. The van der Waals surface area contributed by atoms with Crippen LogP contribution in [0.25, 0.3) is 17.1 Å². The number of phenols is 4. The summed E-state index contributed by atoms with van der Waals surface area (Å²) < 4.78 is 18.0. The first-order valence-corrected chi connectivity index (χ1v) is 33.7. The Bertz CT molecular complexity index is 3740. The standard InChI is InChI=1S/C24H33N5O2.C13H19N3OS.C12H19N3O3.C10H14N2O3.C7H6BrNO3.C6H15N/c1-15(2)19-13-20(23(31)14-22(19)30)24-26-25-17(4)29(24)18-9-8-16(3)21(12-18)28(7)11-10-27(5)6;1-15(2)7-8-16(3)12-9-11(14-10-18)5-6-13(12)17-4;1-13(2)7-8-14(3)11-9-10(15(16)17)5-6-12(11)18-4;1-5(2)6-3-7(10(15)12-11)9(14)4-8(6)13;1-12-7-3-2-5(9(10)11)4-6(7)8;1-4-5-6-7(2)3/h8-9,12-15,30-31H,10-11H2,1-7H3;2*5-6,9H,7-8H2,1-4H3;3-5,13-14H,11H2,1-2H3,(H,12,15);2-4H,1H3;4-6H2,1-3H3. The molecule has 0 radical (unpaired) electrons. The largest absolute Gasteiger partial charge is 0.508 e. The minimum Gasteiger partial charge on any atom is -0.508 e. The highest BCUT2D eigenvalue weighted by Gasteiger charge is 2.22. The number of non-ortho nitro benzene ring substituents is 2. The minimum atomic E-state index is -0.589. The van der Waals surface area contributed by atoms with Crippen molar-refractivity contribution in [2.75, 3.05) is 159 Å². The molecule has 7 aromatic rings. The molecule has 1 heterocycles. The topological polar surface area (TPSA) is 316 Å². The number of isothiocyanates is 1. The first-order valence-electron chi connectivity index (χ1n) is 32.5. The molecule has 0 unspecified atom stereocenters. The lowest BCUT2D eigenvalue weighted by Crippen LogP contribution is -2.30. The van der Waals surface area contributed by atoms with Crippen molar-refractivity contribution < 1.29 is 49.3 Å². The van der Waals surface area contributed by atoms with E-state index >= 15 is 0 Å². The molecule has 1 amide bonds. The molecule has 0 atom stereocenters. The molecule has 0 spiro atoms. The Morgan fingerprint density at radius 1 is 0.604 bits per heavy atom. The summed E-state index contributed by atoms with van der Waals surface area (Å²) in [5, 5.41) is 71.9. The zero-order chi connectivity index (χ0) is 76.5. The number of thiocarbonyl (C=S) groups is 1. The van der Waals surface area contributed by atoms with Crippen molar-refractivity contribution in [3.63, 3.8) is 0 Å². The zero-order valence-corrected chi connectivity index (χ0v) is 64.9. The number of likely N-dealkylation sites (N-methyl/N-ethyl adjacent to an activating group) is 6. The Morgan fingerprint density at radius 3 is 1.50 bits per heavy atom. The van der Waals surface area contributed by atoms with Crippen molar-refractivity contribution >= 4 is 73.3 Å². The van der Waals surface area contributed by atoms with Crippen LogP contribution < -0.4 is 40.2 Å². The molecule has 0 aliphatic heterocycles. The number of phenolic OH excluding ortho intramolecular Hbond substituents is 4.